The number of amides is 1. The number of carbonyl (C=O) groups excluding carboxylic acids is 1. The third kappa shape index (κ3) is 4.28. The van der Waals surface area contributed by atoms with Crippen molar-refractivity contribution >= 4 is 17.2 Å². The predicted octanol–water partition coefficient (Wildman–Crippen LogP) is 2.10. The van der Waals surface area contributed by atoms with E-state index >= 15 is 0 Å². The van der Waals surface area contributed by atoms with Crippen molar-refractivity contribution < 1.29 is 4.79 Å². The summed E-state index contributed by atoms with van der Waals surface area (Å²) in [5.74, 6) is 0.141. The summed E-state index contributed by atoms with van der Waals surface area (Å²) in [7, 11) is 0. The predicted molar refractivity (Wildman–Crippen MR) is 78.0 cm³/mol. The SMILES string of the molecule is NCC1(CC(=O)NCCc2cscn2)CCCCC1. The van der Waals surface area contributed by atoms with E-state index in [1.807, 2.05) is 10.9 Å². The first-order valence-electron chi connectivity index (χ1n) is 7.08. The Kier molecular flexibility index (Phi) is 5.34. The Labute approximate surface area is 118 Å². The van der Waals surface area contributed by atoms with Gasteiger partial charge in [0.05, 0.1) is 11.2 Å². The molecular formula is C14H23N3OS. The van der Waals surface area contributed by atoms with Crippen molar-refractivity contribution in [3.8, 4) is 0 Å². The number of hydrogen-bond acceptors (Lipinski definition) is 4. The summed E-state index contributed by atoms with van der Waals surface area (Å²) in [5.41, 5.74) is 8.84. The van der Waals surface area contributed by atoms with Gasteiger partial charge in [0, 0.05) is 24.8 Å². The second-order valence-electron chi connectivity index (χ2n) is 5.52. The molecule has 0 saturated heterocycles. The molecule has 1 fully saturated rings. The molecular weight excluding hydrogens is 258 g/mol. The van der Waals surface area contributed by atoms with Gasteiger partial charge in [0.1, 0.15) is 0 Å². The molecule has 1 aromatic rings. The summed E-state index contributed by atoms with van der Waals surface area (Å²) in [6.45, 7) is 1.30. The zero-order chi connectivity index (χ0) is 13.6. The lowest BCUT2D eigenvalue weighted by molar-refractivity contribution is -0.123. The number of thiazole rings is 1. The van der Waals surface area contributed by atoms with Crippen molar-refractivity contribution in [1.29, 1.82) is 0 Å². The summed E-state index contributed by atoms with van der Waals surface area (Å²) in [5, 5.41) is 5.02. The normalized spacial score (nSPS) is 18.2. The summed E-state index contributed by atoms with van der Waals surface area (Å²) in [6.07, 6.45) is 7.30. The molecule has 4 nitrogen and oxygen atoms in total. The molecule has 0 aliphatic heterocycles. The van der Waals surface area contributed by atoms with E-state index in [1.54, 1.807) is 11.3 Å². The van der Waals surface area contributed by atoms with Crippen LogP contribution < -0.4 is 11.1 Å². The quantitative estimate of drug-likeness (QED) is 0.839. The molecule has 0 aromatic carbocycles. The molecule has 0 unspecified atom stereocenters. The minimum Gasteiger partial charge on any atom is -0.356 e. The maximum absolute atomic E-state index is 12.0. The molecule has 1 aliphatic carbocycles. The first-order valence-corrected chi connectivity index (χ1v) is 8.02. The van der Waals surface area contributed by atoms with Crippen LogP contribution in [-0.4, -0.2) is 24.0 Å². The Morgan fingerprint density at radius 1 is 1.42 bits per heavy atom. The Hall–Kier alpha value is -0.940. The summed E-state index contributed by atoms with van der Waals surface area (Å²) < 4.78 is 0. The van der Waals surface area contributed by atoms with Crippen LogP contribution in [-0.2, 0) is 11.2 Å². The van der Waals surface area contributed by atoms with E-state index in [9.17, 15) is 4.79 Å². The fourth-order valence-electron chi connectivity index (χ4n) is 2.85. The van der Waals surface area contributed by atoms with Crippen molar-refractivity contribution in [2.75, 3.05) is 13.1 Å². The molecule has 19 heavy (non-hydrogen) atoms. The molecule has 5 heteroatoms. The highest BCUT2D eigenvalue weighted by molar-refractivity contribution is 7.07. The van der Waals surface area contributed by atoms with Crippen LogP contribution >= 0.6 is 11.3 Å². The Morgan fingerprint density at radius 3 is 2.84 bits per heavy atom. The van der Waals surface area contributed by atoms with E-state index in [0.717, 1.165) is 25.0 Å². The van der Waals surface area contributed by atoms with Crippen LogP contribution in [0.3, 0.4) is 0 Å². The molecule has 1 aromatic heterocycles. The van der Waals surface area contributed by atoms with Crippen molar-refractivity contribution in [2.45, 2.75) is 44.9 Å². The number of rotatable bonds is 6. The molecule has 1 saturated carbocycles. The van der Waals surface area contributed by atoms with Crippen LogP contribution in [0.25, 0.3) is 0 Å². The van der Waals surface area contributed by atoms with Crippen LogP contribution in [0.15, 0.2) is 10.9 Å². The summed E-state index contributed by atoms with van der Waals surface area (Å²) >= 11 is 1.59. The molecule has 106 valence electrons. The van der Waals surface area contributed by atoms with Gasteiger partial charge < -0.3 is 11.1 Å². The van der Waals surface area contributed by atoms with Gasteiger partial charge in [0.2, 0.25) is 5.91 Å². The van der Waals surface area contributed by atoms with Crippen molar-refractivity contribution in [1.82, 2.24) is 10.3 Å². The number of aromatic nitrogens is 1. The summed E-state index contributed by atoms with van der Waals surface area (Å²) in [6, 6.07) is 0. The number of nitrogens with zero attached hydrogens (tertiary/aromatic N) is 1. The van der Waals surface area contributed by atoms with Crippen molar-refractivity contribution in [3.05, 3.63) is 16.6 Å². The second kappa shape index (κ2) is 7.01. The Balaban J connectivity index is 1.73. The van der Waals surface area contributed by atoms with Gasteiger partial charge in [-0.05, 0) is 24.8 Å². The van der Waals surface area contributed by atoms with Crippen molar-refractivity contribution in [2.24, 2.45) is 11.1 Å². The Bertz CT molecular complexity index is 385. The molecule has 0 atom stereocenters. The zero-order valence-electron chi connectivity index (χ0n) is 11.4. The van der Waals surface area contributed by atoms with Crippen LogP contribution in [0.1, 0.15) is 44.2 Å². The first kappa shape index (κ1) is 14.5. The maximum Gasteiger partial charge on any atom is 0.220 e. The zero-order valence-corrected chi connectivity index (χ0v) is 12.2. The molecule has 3 N–H and O–H groups in total. The minimum atomic E-state index is 0.0585. The molecule has 1 amide bonds. The molecule has 1 heterocycles. The van der Waals surface area contributed by atoms with Crippen LogP contribution in [0.4, 0.5) is 0 Å². The van der Waals surface area contributed by atoms with E-state index in [1.165, 1.54) is 19.3 Å². The average Bonchev–Trinajstić information content (AvgIpc) is 2.93. The van der Waals surface area contributed by atoms with Gasteiger partial charge in [-0.1, -0.05) is 19.3 Å². The smallest absolute Gasteiger partial charge is 0.220 e. The number of nitrogens with two attached hydrogens (primary N) is 1. The standard InChI is InChI=1S/C14H23N3OS/c15-10-14(5-2-1-3-6-14)8-13(18)16-7-4-12-9-19-11-17-12/h9,11H,1-8,10,15H2,(H,16,18). The fourth-order valence-corrected chi connectivity index (χ4v) is 3.44. The highest BCUT2D eigenvalue weighted by Crippen LogP contribution is 2.38. The van der Waals surface area contributed by atoms with Crippen LogP contribution in [0, 0.1) is 5.41 Å². The lowest BCUT2D eigenvalue weighted by atomic mass is 9.71. The largest absolute Gasteiger partial charge is 0.356 e. The summed E-state index contributed by atoms with van der Waals surface area (Å²) in [4.78, 5) is 16.2. The van der Waals surface area contributed by atoms with Gasteiger partial charge in [0.15, 0.2) is 0 Å². The maximum atomic E-state index is 12.0. The van der Waals surface area contributed by atoms with Gasteiger partial charge in [-0.3, -0.25) is 4.79 Å². The second-order valence-corrected chi connectivity index (χ2v) is 6.24. The van der Waals surface area contributed by atoms with E-state index < -0.39 is 0 Å². The van der Waals surface area contributed by atoms with Gasteiger partial charge >= 0.3 is 0 Å². The highest BCUT2D eigenvalue weighted by atomic mass is 32.1. The van der Waals surface area contributed by atoms with Crippen LogP contribution in [0.2, 0.25) is 0 Å². The number of hydrogen-bond donors (Lipinski definition) is 2. The van der Waals surface area contributed by atoms with Crippen molar-refractivity contribution in [3.63, 3.8) is 0 Å². The third-order valence-corrected chi connectivity index (χ3v) is 4.70. The van der Waals surface area contributed by atoms with Gasteiger partial charge in [-0.25, -0.2) is 4.98 Å². The number of carbonyl (C=O) groups is 1. The lowest BCUT2D eigenvalue weighted by Crippen LogP contribution is -2.39. The van der Waals surface area contributed by atoms with Crippen LogP contribution in [0.5, 0.6) is 0 Å². The van der Waals surface area contributed by atoms with Gasteiger partial charge in [-0.2, -0.15) is 0 Å². The molecule has 2 rings (SSSR count). The molecule has 0 bridgehead atoms. The minimum absolute atomic E-state index is 0.0585. The third-order valence-electron chi connectivity index (χ3n) is 4.07. The van der Waals surface area contributed by atoms with E-state index in [-0.39, 0.29) is 11.3 Å². The molecule has 0 radical (unpaired) electrons. The van der Waals surface area contributed by atoms with E-state index in [4.69, 9.17) is 5.73 Å². The topological polar surface area (TPSA) is 68.0 Å². The molecule has 0 spiro atoms. The fraction of sp³-hybridized carbons (Fsp3) is 0.714. The first-order chi connectivity index (χ1) is 9.24. The monoisotopic (exact) mass is 281 g/mol. The molecule has 1 aliphatic rings. The lowest BCUT2D eigenvalue weighted by Gasteiger charge is -2.35. The van der Waals surface area contributed by atoms with Gasteiger partial charge in [-0.15, -0.1) is 11.3 Å². The van der Waals surface area contributed by atoms with Gasteiger partial charge in [0.25, 0.3) is 0 Å². The average molecular weight is 281 g/mol. The number of nitrogens with one attached hydrogen (secondary N) is 1. The Morgan fingerprint density at radius 2 is 2.21 bits per heavy atom. The highest BCUT2D eigenvalue weighted by Gasteiger charge is 2.32. The van der Waals surface area contributed by atoms with E-state index in [2.05, 4.69) is 10.3 Å². The van der Waals surface area contributed by atoms with E-state index in [0.29, 0.717) is 19.5 Å².